The van der Waals surface area contributed by atoms with Crippen LogP contribution in [0.4, 0.5) is 0 Å². The summed E-state index contributed by atoms with van der Waals surface area (Å²) in [4.78, 5) is 0. The summed E-state index contributed by atoms with van der Waals surface area (Å²) in [5, 5.41) is 9.11. The SMILES string of the molecule is CC.CCCC(C)(C)CC(C)O. The number of hydrogen-bond acceptors (Lipinski definition) is 1. The summed E-state index contributed by atoms with van der Waals surface area (Å²) in [6.45, 7) is 12.5. The summed E-state index contributed by atoms with van der Waals surface area (Å²) in [5.74, 6) is 0. The molecule has 0 aromatic rings. The first-order valence-corrected chi connectivity index (χ1v) is 5.16. The number of aliphatic hydroxyl groups is 1. The van der Waals surface area contributed by atoms with Crippen molar-refractivity contribution in [1.29, 1.82) is 0 Å². The van der Waals surface area contributed by atoms with Crippen LogP contribution in [0.5, 0.6) is 0 Å². The highest BCUT2D eigenvalue weighted by Crippen LogP contribution is 2.27. The maximum Gasteiger partial charge on any atom is 0.0517 e. The molecular formula is C11H26O. The minimum atomic E-state index is -0.151. The van der Waals surface area contributed by atoms with Crippen LogP contribution in [0.25, 0.3) is 0 Å². The highest BCUT2D eigenvalue weighted by Gasteiger charge is 2.18. The van der Waals surface area contributed by atoms with Crippen molar-refractivity contribution in [2.24, 2.45) is 5.41 Å². The van der Waals surface area contributed by atoms with Crippen molar-refractivity contribution >= 4 is 0 Å². The second-order valence-corrected chi connectivity index (χ2v) is 3.97. The molecule has 0 rings (SSSR count). The third-order valence-electron chi connectivity index (χ3n) is 1.77. The van der Waals surface area contributed by atoms with E-state index in [1.54, 1.807) is 0 Å². The van der Waals surface area contributed by atoms with Crippen molar-refractivity contribution in [2.75, 3.05) is 0 Å². The van der Waals surface area contributed by atoms with Gasteiger partial charge in [-0.3, -0.25) is 0 Å². The van der Waals surface area contributed by atoms with Gasteiger partial charge in [-0.25, -0.2) is 0 Å². The van der Waals surface area contributed by atoms with Crippen LogP contribution in [0.1, 0.15) is 60.8 Å². The van der Waals surface area contributed by atoms with Crippen molar-refractivity contribution in [2.45, 2.75) is 66.9 Å². The molecule has 1 nitrogen and oxygen atoms in total. The van der Waals surface area contributed by atoms with Crippen molar-refractivity contribution in [1.82, 2.24) is 0 Å². The van der Waals surface area contributed by atoms with Crippen LogP contribution in [0.3, 0.4) is 0 Å². The Kier molecular flexibility index (Phi) is 9.17. The second-order valence-electron chi connectivity index (χ2n) is 3.97. The summed E-state index contributed by atoms with van der Waals surface area (Å²) in [6.07, 6.45) is 3.18. The van der Waals surface area contributed by atoms with Gasteiger partial charge in [-0.1, -0.05) is 41.0 Å². The number of aliphatic hydroxyl groups excluding tert-OH is 1. The smallest absolute Gasteiger partial charge is 0.0517 e. The van der Waals surface area contributed by atoms with Gasteiger partial charge in [-0.15, -0.1) is 0 Å². The van der Waals surface area contributed by atoms with Crippen molar-refractivity contribution in [3.63, 3.8) is 0 Å². The van der Waals surface area contributed by atoms with E-state index >= 15 is 0 Å². The van der Waals surface area contributed by atoms with Crippen LogP contribution >= 0.6 is 0 Å². The fourth-order valence-corrected chi connectivity index (χ4v) is 1.58. The number of hydrogen-bond donors (Lipinski definition) is 1. The Morgan fingerprint density at radius 3 is 1.92 bits per heavy atom. The molecule has 0 heterocycles. The van der Waals surface area contributed by atoms with E-state index in [-0.39, 0.29) is 6.10 Å². The van der Waals surface area contributed by atoms with Gasteiger partial charge >= 0.3 is 0 Å². The van der Waals surface area contributed by atoms with E-state index in [2.05, 4.69) is 20.8 Å². The van der Waals surface area contributed by atoms with Gasteiger partial charge in [0.1, 0.15) is 0 Å². The van der Waals surface area contributed by atoms with Gasteiger partial charge < -0.3 is 5.11 Å². The third-order valence-corrected chi connectivity index (χ3v) is 1.77. The van der Waals surface area contributed by atoms with E-state index < -0.39 is 0 Å². The highest BCUT2D eigenvalue weighted by molar-refractivity contribution is 4.70. The molecule has 12 heavy (non-hydrogen) atoms. The molecule has 1 N–H and O–H groups in total. The lowest BCUT2D eigenvalue weighted by atomic mass is 9.83. The monoisotopic (exact) mass is 174 g/mol. The lowest BCUT2D eigenvalue weighted by Gasteiger charge is -2.25. The Labute approximate surface area is 78.2 Å². The van der Waals surface area contributed by atoms with Crippen LogP contribution in [-0.2, 0) is 0 Å². The predicted octanol–water partition coefficient (Wildman–Crippen LogP) is 3.61. The zero-order valence-electron chi connectivity index (χ0n) is 9.65. The lowest BCUT2D eigenvalue weighted by Crippen LogP contribution is -2.17. The minimum absolute atomic E-state index is 0.151. The maximum absolute atomic E-state index is 9.11. The molecule has 1 unspecified atom stereocenters. The molecular weight excluding hydrogens is 148 g/mol. The molecule has 0 bridgehead atoms. The zero-order chi connectivity index (χ0) is 10.2. The van der Waals surface area contributed by atoms with Crippen molar-refractivity contribution in [3.05, 3.63) is 0 Å². The van der Waals surface area contributed by atoms with E-state index in [0.29, 0.717) is 5.41 Å². The molecule has 0 saturated heterocycles. The van der Waals surface area contributed by atoms with E-state index in [1.165, 1.54) is 12.8 Å². The molecule has 0 aromatic heterocycles. The lowest BCUT2D eigenvalue weighted by molar-refractivity contribution is 0.124. The quantitative estimate of drug-likeness (QED) is 0.690. The van der Waals surface area contributed by atoms with Crippen molar-refractivity contribution in [3.8, 4) is 0 Å². The van der Waals surface area contributed by atoms with Crippen LogP contribution < -0.4 is 0 Å². The van der Waals surface area contributed by atoms with E-state index in [9.17, 15) is 0 Å². The summed E-state index contributed by atoms with van der Waals surface area (Å²) in [7, 11) is 0. The Morgan fingerprint density at radius 2 is 1.67 bits per heavy atom. The molecule has 1 atom stereocenters. The molecule has 0 fully saturated rings. The zero-order valence-corrected chi connectivity index (χ0v) is 9.65. The first-order chi connectivity index (χ1) is 5.48. The predicted molar refractivity (Wildman–Crippen MR) is 56.3 cm³/mol. The average molecular weight is 174 g/mol. The van der Waals surface area contributed by atoms with Crippen LogP contribution in [0.15, 0.2) is 0 Å². The summed E-state index contributed by atoms with van der Waals surface area (Å²) >= 11 is 0. The normalized spacial score (nSPS) is 13.2. The van der Waals surface area contributed by atoms with Crippen LogP contribution in [0.2, 0.25) is 0 Å². The van der Waals surface area contributed by atoms with E-state index in [1.807, 2.05) is 20.8 Å². The third kappa shape index (κ3) is 9.96. The van der Waals surface area contributed by atoms with Gasteiger partial charge in [0.15, 0.2) is 0 Å². The Balaban J connectivity index is 0. The molecule has 0 saturated carbocycles. The van der Waals surface area contributed by atoms with Crippen LogP contribution in [0, 0.1) is 5.41 Å². The van der Waals surface area contributed by atoms with Crippen molar-refractivity contribution < 1.29 is 5.11 Å². The maximum atomic E-state index is 9.11. The summed E-state index contributed by atoms with van der Waals surface area (Å²) in [5.41, 5.74) is 0.322. The van der Waals surface area contributed by atoms with Gasteiger partial charge in [0.2, 0.25) is 0 Å². The summed E-state index contributed by atoms with van der Waals surface area (Å²) < 4.78 is 0. The van der Waals surface area contributed by atoms with E-state index in [4.69, 9.17) is 5.11 Å². The Bertz CT molecular complexity index is 85.0. The van der Waals surface area contributed by atoms with Gasteiger partial charge in [-0.2, -0.15) is 0 Å². The van der Waals surface area contributed by atoms with Gasteiger partial charge in [0, 0.05) is 0 Å². The fourth-order valence-electron chi connectivity index (χ4n) is 1.58. The highest BCUT2D eigenvalue weighted by atomic mass is 16.3. The Morgan fingerprint density at radius 1 is 1.25 bits per heavy atom. The molecule has 0 aliphatic rings. The molecule has 1 heteroatoms. The first kappa shape index (κ1) is 14.5. The molecule has 0 spiro atoms. The fraction of sp³-hybridized carbons (Fsp3) is 1.00. The first-order valence-electron chi connectivity index (χ1n) is 5.16. The summed E-state index contributed by atoms with van der Waals surface area (Å²) in [6, 6.07) is 0. The standard InChI is InChI=1S/C9H20O.C2H6/c1-5-6-9(3,4)7-8(2)10;1-2/h8,10H,5-7H2,1-4H3;1-2H3. The van der Waals surface area contributed by atoms with E-state index in [0.717, 1.165) is 6.42 Å². The molecule has 0 aliphatic carbocycles. The molecule has 0 radical (unpaired) electrons. The average Bonchev–Trinajstić information content (AvgIpc) is 1.88. The van der Waals surface area contributed by atoms with Gasteiger partial charge in [0.25, 0.3) is 0 Å². The van der Waals surface area contributed by atoms with Gasteiger partial charge in [0.05, 0.1) is 6.10 Å². The molecule has 0 aliphatic heterocycles. The Hall–Kier alpha value is -0.0400. The second kappa shape index (κ2) is 7.60. The largest absolute Gasteiger partial charge is 0.393 e. The molecule has 76 valence electrons. The molecule has 0 amide bonds. The topological polar surface area (TPSA) is 20.2 Å². The van der Waals surface area contributed by atoms with Crippen LogP contribution in [-0.4, -0.2) is 11.2 Å². The molecule has 0 aromatic carbocycles. The van der Waals surface area contributed by atoms with Gasteiger partial charge in [-0.05, 0) is 25.2 Å². The minimum Gasteiger partial charge on any atom is -0.393 e. The number of rotatable bonds is 4.